The van der Waals surface area contributed by atoms with Crippen LogP contribution in [0.25, 0.3) is 0 Å². The van der Waals surface area contributed by atoms with Crippen molar-refractivity contribution < 1.29 is 9.90 Å². The Labute approximate surface area is 94.7 Å². The molecular weight excluding hydrogens is 204 g/mol. The number of para-hydroxylation sites is 1. The molecule has 0 radical (unpaired) electrons. The van der Waals surface area contributed by atoms with E-state index in [0.29, 0.717) is 13.0 Å². The minimum absolute atomic E-state index is 0.0715. The molecule has 0 saturated carbocycles. The molecule has 1 aliphatic rings. The lowest BCUT2D eigenvalue weighted by Crippen LogP contribution is -2.33. The van der Waals surface area contributed by atoms with Crippen LogP contribution >= 0.6 is 0 Å². The first-order valence-electron chi connectivity index (χ1n) is 5.44. The first-order chi connectivity index (χ1) is 7.66. The van der Waals surface area contributed by atoms with Gasteiger partial charge in [0.1, 0.15) is 6.04 Å². The summed E-state index contributed by atoms with van der Waals surface area (Å²) in [6.45, 7) is 2.58. The van der Waals surface area contributed by atoms with Crippen molar-refractivity contribution in [2.45, 2.75) is 19.4 Å². The van der Waals surface area contributed by atoms with Crippen molar-refractivity contribution in [1.29, 1.82) is 0 Å². The number of aryl methyl sites for hydroxylation is 1. The Morgan fingerprint density at radius 3 is 2.94 bits per heavy atom. The summed E-state index contributed by atoms with van der Waals surface area (Å²) in [5, 5.41) is 8.83. The van der Waals surface area contributed by atoms with Crippen LogP contribution in [-0.2, 0) is 4.79 Å². The smallest absolute Gasteiger partial charge is 0.248 e. The fourth-order valence-electron chi connectivity index (χ4n) is 2.16. The van der Waals surface area contributed by atoms with Crippen LogP contribution in [0.5, 0.6) is 0 Å². The number of fused-ring (bicyclic) bond motifs is 1. The summed E-state index contributed by atoms with van der Waals surface area (Å²) in [7, 11) is 0. The van der Waals surface area contributed by atoms with E-state index in [2.05, 4.69) is 0 Å². The van der Waals surface area contributed by atoms with E-state index in [-0.39, 0.29) is 12.5 Å². The van der Waals surface area contributed by atoms with Gasteiger partial charge in [-0.2, -0.15) is 0 Å². The lowest BCUT2D eigenvalue weighted by molar-refractivity contribution is -0.119. The van der Waals surface area contributed by atoms with E-state index in [0.717, 1.165) is 16.8 Å². The molecule has 1 heterocycles. The van der Waals surface area contributed by atoms with Crippen molar-refractivity contribution in [2.24, 2.45) is 5.73 Å². The molecule has 4 nitrogen and oxygen atoms in total. The van der Waals surface area contributed by atoms with Gasteiger partial charge in [0.25, 0.3) is 0 Å². The third-order valence-corrected chi connectivity index (χ3v) is 2.95. The average molecular weight is 220 g/mol. The first-order valence-corrected chi connectivity index (χ1v) is 5.44. The van der Waals surface area contributed by atoms with Crippen LogP contribution in [0, 0.1) is 6.92 Å². The van der Waals surface area contributed by atoms with Crippen LogP contribution in [0.3, 0.4) is 0 Å². The summed E-state index contributed by atoms with van der Waals surface area (Å²) in [4.78, 5) is 13.6. The Hall–Kier alpha value is -1.39. The summed E-state index contributed by atoms with van der Waals surface area (Å²) < 4.78 is 0. The van der Waals surface area contributed by atoms with Gasteiger partial charge in [0.15, 0.2) is 0 Å². The number of amides is 1. The van der Waals surface area contributed by atoms with Gasteiger partial charge in [0.05, 0.1) is 5.69 Å². The Morgan fingerprint density at radius 1 is 1.50 bits per heavy atom. The molecule has 0 aliphatic carbocycles. The Kier molecular flexibility index (Phi) is 2.94. The van der Waals surface area contributed by atoms with Gasteiger partial charge < -0.3 is 15.7 Å². The second-order valence-electron chi connectivity index (χ2n) is 4.06. The van der Waals surface area contributed by atoms with E-state index in [1.54, 1.807) is 4.90 Å². The molecule has 1 aliphatic heterocycles. The first kappa shape index (κ1) is 11.1. The van der Waals surface area contributed by atoms with Crippen LogP contribution < -0.4 is 10.6 Å². The number of nitrogens with two attached hydrogens (primary N) is 1. The van der Waals surface area contributed by atoms with Crippen molar-refractivity contribution >= 4 is 11.6 Å². The van der Waals surface area contributed by atoms with Gasteiger partial charge in [-0.15, -0.1) is 0 Å². The molecular formula is C12H16N2O2. The predicted octanol–water partition coefficient (Wildman–Crippen LogP) is 0.724. The molecule has 1 aromatic rings. The minimum Gasteiger partial charge on any atom is -0.396 e. The minimum atomic E-state index is -0.548. The molecule has 4 heteroatoms. The SMILES string of the molecule is Cc1cccc2c1N(CCCO)C(=O)C2N. The topological polar surface area (TPSA) is 66.6 Å². The molecule has 0 saturated heterocycles. The van der Waals surface area contributed by atoms with Gasteiger partial charge >= 0.3 is 0 Å². The predicted molar refractivity (Wildman–Crippen MR) is 62.2 cm³/mol. The molecule has 0 aromatic heterocycles. The highest BCUT2D eigenvalue weighted by atomic mass is 16.3. The molecule has 2 rings (SSSR count). The van der Waals surface area contributed by atoms with Crippen molar-refractivity contribution in [3.8, 4) is 0 Å². The monoisotopic (exact) mass is 220 g/mol. The summed E-state index contributed by atoms with van der Waals surface area (Å²) in [5.41, 5.74) is 8.74. The van der Waals surface area contributed by atoms with Crippen LogP contribution in [0.15, 0.2) is 18.2 Å². The van der Waals surface area contributed by atoms with Gasteiger partial charge in [-0.3, -0.25) is 4.79 Å². The van der Waals surface area contributed by atoms with Crippen LogP contribution in [0.1, 0.15) is 23.6 Å². The normalized spacial score (nSPS) is 19.1. The van der Waals surface area contributed by atoms with E-state index in [4.69, 9.17) is 10.8 Å². The van der Waals surface area contributed by atoms with Crippen molar-refractivity contribution in [3.05, 3.63) is 29.3 Å². The third kappa shape index (κ3) is 1.60. The van der Waals surface area contributed by atoms with Gasteiger partial charge in [0, 0.05) is 18.7 Å². The van der Waals surface area contributed by atoms with Crippen molar-refractivity contribution in [1.82, 2.24) is 0 Å². The maximum Gasteiger partial charge on any atom is 0.248 e. The number of aliphatic hydroxyl groups is 1. The lowest BCUT2D eigenvalue weighted by Gasteiger charge is -2.18. The quantitative estimate of drug-likeness (QED) is 0.789. The Bertz CT molecular complexity index is 417. The second-order valence-corrected chi connectivity index (χ2v) is 4.06. The molecule has 0 fully saturated rings. The summed E-state index contributed by atoms with van der Waals surface area (Å²) in [6, 6.07) is 5.23. The fraction of sp³-hybridized carbons (Fsp3) is 0.417. The third-order valence-electron chi connectivity index (χ3n) is 2.95. The number of benzene rings is 1. The zero-order valence-corrected chi connectivity index (χ0v) is 9.31. The van der Waals surface area contributed by atoms with E-state index >= 15 is 0 Å². The maximum absolute atomic E-state index is 11.9. The largest absolute Gasteiger partial charge is 0.396 e. The highest BCUT2D eigenvalue weighted by molar-refractivity contribution is 6.05. The molecule has 86 valence electrons. The van der Waals surface area contributed by atoms with Crippen LogP contribution in [-0.4, -0.2) is 24.2 Å². The van der Waals surface area contributed by atoms with Gasteiger partial charge in [-0.25, -0.2) is 0 Å². The number of nitrogens with zero attached hydrogens (tertiary/aromatic N) is 1. The van der Waals surface area contributed by atoms with Crippen LogP contribution in [0.4, 0.5) is 5.69 Å². The van der Waals surface area contributed by atoms with Gasteiger partial charge in [-0.1, -0.05) is 18.2 Å². The average Bonchev–Trinajstić information content (AvgIpc) is 2.52. The fourth-order valence-corrected chi connectivity index (χ4v) is 2.16. The number of hydrogen-bond donors (Lipinski definition) is 2. The number of carbonyl (C=O) groups excluding carboxylic acids is 1. The standard InChI is InChI=1S/C12H16N2O2/c1-8-4-2-5-9-10(13)12(16)14(11(8)9)6-3-7-15/h2,4-5,10,15H,3,6-7,13H2,1H3. The molecule has 1 unspecified atom stereocenters. The number of anilines is 1. The number of carbonyl (C=O) groups is 1. The molecule has 3 N–H and O–H groups in total. The molecule has 0 spiro atoms. The zero-order valence-electron chi connectivity index (χ0n) is 9.31. The molecule has 1 aromatic carbocycles. The number of rotatable bonds is 3. The maximum atomic E-state index is 11.9. The summed E-state index contributed by atoms with van der Waals surface area (Å²) in [6.07, 6.45) is 0.576. The van der Waals surface area contributed by atoms with E-state index < -0.39 is 6.04 Å². The molecule has 0 bridgehead atoms. The molecule has 1 amide bonds. The van der Waals surface area contributed by atoms with Crippen LogP contribution in [0.2, 0.25) is 0 Å². The van der Waals surface area contributed by atoms with E-state index in [1.807, 2.05) is 25.1 Å². The summed E-state index contributed by atoms with van der Waals surface area (Å²) >= 11 is 0. The second kappa shape index (κ2) is 4.23. The van der Waals surface area contributed by atoms with Crippen molar-refractivity contribution in [3.63, 3.8) is 0 Å². The Balaban J connectivity index is 2.39. The molecule has 16 heavy (non-hydrogen) atoms. The zero-order chi connectivity index (χ0) is 11.7. The number of aliphatic hydroxyl groups excluding tert-OH is 1. The molecule has 1 atom stereocenters. The highest BCUT2D eigenvalue weighted by Gasteiger charge is 2.35. The van der Waals surface area contributed by atoms with Gasteiger partial charge in [-0.05, 0) is 18.9 Å². The Morgan fingerprint density at radius 2 is 2.25 bits per heavy atom. The highest BCUT2D eigenvalue weighted by Crippen LogP contribution is 2.36. The van der Waals surface area contributed by atoms with Crippen molar-refractivity contribution in [2.75, 3.05) is 18.1 Å². The van der Waals surface area contributed by atoms with Gasteiger partial charge in [0.2, 0.25) is 5.91 Å². The lowest BCUT2D eigenvalue weighted by atomic mass is 10.1. The van der Waals surface area contributed by atoms with E-state index in [9.17, 15) is 4.79 Å². The van der Waals surface area contributed by atoms with E-state index in [1.165, 1.54) is 0 Å². The summed E-state index contributed by atoms with van der Waals surface area (Å²) in [5.74, 6) is -0.0715. The number of hydrogen-bond acceptors (Lipinski definition) is 3.